The fourth-order valence-electron chi connectivity index (χ4n) is 6.30. The van der Waals surface area contributed by atoms with E-state index in [-0.39, 0.29) is 29.3 Å². The largest absolute Gasteiger partial charge is 0.396 e. The van der Waals surface area contributed by atoms with Crippen molar-refractivity contribution in [1.29, 1.82) is 0 Å². The van der Waals surface area contributed by atoms with Crippen LogP contribution in [0.25, 0.3) is 10.4 Å². The lowest BCUT2D eigenvalue weighted by atomic mass is 9.54. The second-order valence-corrected chi connectivity index (χ2v) is 9.59. The van der Waals surface area contributed by atoms with Gasteiger partial charge in [0, 0.05) is 30.0 Å². The molecular weight excluding hydrogens is 340 g/mol. The molecule has 146 valence electrons. The van der Waals surface area contributed by atoms with Crippen molar-refractivity contribution in [3.8, 4) is 0 Å². The Balaban J connectivity index is 1.74. The number of hydrogen-bond acceptors (Lipinski definition) is 4. The van der Waals surface area contributed by atoms with Crippen LogP contribution in [0.2, 0.25) is 0 Å². The molecule has 0 radical (unpaired) electrons. The van der Waals surface area contributed by atoms with Crippen LogP contribution in [0.5, 0.6) is 0 Å². The Morgan fingerprint density at radius 1 is 1.37 bits per heavy atom. The minimum Gasteiger partial charge on any atom is -0.396 e. The predicted molar refractivity (Wildman–Crippen MR) is 103 cm³/mol. The average molecular weight is 370 g/mol. The second-order valence-electron chi connectivity index (χ2n) is 9.59. The molecule has 6 heteroatoms. The van der Waals surface area contributed by atoms with E-state index in [2.05, 4.69) is 36.0 Å². The van der Waals surface area contributed by atoms with E-state index < -0.39 is 0 Å². The van der Waals surface area contributed by atoms with Crippen LogP contribution in [0.3, 0.4) is 0 Å². The lowest BCUT2D eigenvalue weighted by Crippen LogP contribution is -2.47. The number of rotatable bonds is 4. The highest BCUT2D eigenvalue weighted by atomic mass is 16.5. The van der Waals surface area contributed by atoms with E-state index in [0.29, 0.717) is 12.5 Å². The number of fused-ring (bicyclic) bond motifs is 1. The average Bonchev–Trinajstić information content (AvgIpc) is 3.22. The minimum absolute atomic E-state index is 0.0474. The van der Waals surface area contributed by atoms with Gasteiger partial charge in [-0.3, -0.25) is 0 Å². The quantitative estimate of drug-likeness (QED) is 0.355. The number of aromatic nitrogens is 1. The van der Waals surface area contributed by atoms with Crippen LogP contribution in [-0.4, -0.2) is 23.4 Å². The van der Waals surface area contributed by atoms with Crippen LogP contribution in [0.1, 0.15) is 57.8 Å². The van der Waals surface area contributed by atoms with E-state index in [1.807, 2.05) is 6.20 Å². The van der Waals surface area contributed by atoms with E-state index in [4.69, 9.17) is 10.1 Å². The first-order chi connectivity index (χ1) is 12.9. The maximum absolute atomic E-state index is 10.2. The summed E-state index contributed by atoms with van der Waals surface area (Å²) >= 11 is 0. The van der Waals surface area contributed by atoms with Crippen molar-refractivity contribution in [1.82, 2.24) is 5.16 Å². The Morgan fingerprint density at radius 3 is 2.93 bits per heavy atom. The Hall–Kier alpha value is -1.78. The first kappa shape index (κ1) is 18.6. The lowest BCUT2D eigenvalue weighted by Gasteiger charge is -2.51. The summed E-state index contributed by atoms with van der Waals surface area (Å²) in [5.74, 6) is 1.76. The van der Waals surface area contributed by atoms with Crippen molar-refractivity contribution in [2.24, 2.45) is 33.7 Å². The van der Waals surface area contributed by atoms with Crippen molar-refractivity contribution in [3.05, 3.63) is 39.1 Å². The number of hydrogen-bond donors (Lipinski definition) is 1. The van der Waals surface area contributed by atoms with Gasteiger partial charge in [-0.15, -0.1) is 0 Å². The van der Waals surface area contributed by atoms with Gasteiger partial charge in [0.25, 0.3) is 0 Å². The molecule has 1 aromatic heterocycles. The van der Waals surface area contributed by atoms with Gasteiger partial charge < -0.3 is 9.63 Å². The summed E-state index contributed by atoms with van der Waals surface area (Å²) in [6.45, 7) is 7.70. The SMILES string of the molecule is CC1(C)CCC2=C1CC[C@H]([C@@]1(C)Cc3cnoc3C[C@@H]1CO)[C@H]2CN=[N+]=[N-]. The number of aliphatic hydroxyl groups is 1. The molecule has 0 aliphatic heterocycles. The van der Waals surface area contributed by atoms with Gasteiger partial charge >= 0.3 is 0 Å². The highest BCUT2D eigenvalue weighted by Crippen LogP contribution is 2.58. The Kier molecular flexibility index (Phi) is 4.59. The molecule has 0 amide bonds. The van der Waals surface area contributed by atoms with E-state index in [0.717, 1.165) is 37.9 Å². The van der Waals surface area contributed by atoms with Gasteiger partial charge in [0.05, 0.1) is 6.20 Å². The summed E-state index contributed by atoms with van der Waals surface area (Å²) in [5.41, 5.74) is 13.5. The van der Waals surface area contributed by atoms with Gasteiger partial charge in [-0.1, -0.05) is 42.2 Å². The molecule has 1 N–H and O–H groups in total. The first-order valence-corrected chi connectivity index (χ1v) is 10.2. The number of allylic oxidation sites excluding steroid dienone is 1. The minimum atomic E-state index is -0.0474. The molecule has 27 heavy (non-hydrogen) atoms. The fourth-order valence-corrected chi connectivity index (χ4v) is 6.30. The van der Waals surface area contributed by atoms with E-state index >= 15 is 0 Å². The van der Waals surface area contributed by atoms with E-state index in [9.17, 15) is 5.11 Å². The zero-order valence-electron chi connectivity index (χ0n) is 16.6. The topological polar surface area (TPSA) is 95.0 Å². The zero-order chi connectivity index (χ0) is 19.2. The van der Waals surface area contributed by atoms with Crippen LogP contribution in [0.15, 0.2) is 27.0 Å². The number of azide groups is 1. The molecule has 0 unspecified atom stereocenters. The third-order valence-electron chi connectivity index (χ3n) is 7.94. The molecule has 0 spiro atoms. The van der Waals surface area contributed by atoms with Crippen LogP contribution >= 0.6 is 0 Å². The van der Waals surface area contributed by atoms with Gasteiger partial charge in [-0.05, 0) is 66.2 Å². The van der Waals surface area contributed by atoms with Crippen molar-refractivity contribution in [2.45, 2.75) is 59.3 Å². The van der Waals surface area contributed by atoms with Crippen molar-refractivity contribution < 1.29 is 9.63 Å². The van der Waals surface area contributed by atoms with Crippen molar-refractivity contribution in [2.75, 3.05) is 13.2 Å². The monoisotopic (exact) mass is 370 g/mol. The molecule has 3 aliphatic carbocycles. The van der Waals surface area contributed by atoms with E-state index in [1.54, 1.807) is 5.57 Å². The third kappa shape index (κ3) is 2.90. The molecule has 0 bridgehead atoms. The molecule has 1 aromatic rings. The molecule has 3 aliphatic rings. The molecule has 0 fully saturated rings. The zero-order valence-corrected chi connectivity index (χ0v) is 16.6. The molecule has 6 nitrogen and oxygen atoms in total. The molecule has 0 saturated heterocycles. The summed E-state index contributed by atoms with van der Waals surface area (Å²) in [5, 5.41) is 18.2. The molecule has 4 rings (SSSR count). The lowest BCUT2D eigenvalue weighted by molar-refractivity contribution is 0.00400. The molecular formula is C21H30N4O2. The molecule has 4 atom stereocenters. The highest BCUT2D eigenvalue weighted by Gasteiger charge is 2.51. The van der Waals surface area contributed by atoms with Crippen LogP contribution in [0.4, 0.5) is 0 Å². The molecule has 1 heterocycles. The number of aliphatic hydroxyl groups excluding tert-OH is 1. The standard InChI is InChI=1S/C21H30N4O2/c1-20(2)7-6-15-16(11-23-25-22)18(5-4-17(15)20)21(3)9-13-10-24-27-19(13)8-14(21)12-26/h10,14,16,18,26H,4-9,11-12H2,1-3H3/t14-,16+,18+,21+/m1/s1. The summed E-state index contributed by atoms with van der Waals surface area (Å²) < 4.78 is 5.42. The normalized spacial score (nSPS) is 34.7. The van der Waals surface area contributed by atoms with Gasteiger partial charge in [-0.2, -0.15) is 0 Å². The smallest absolute Gasteiger partial charge is 0.140 e. The van der Waals surface area contributed by atoms with Crippen molar-refractivity contribution >= 4 is 0 Å². The van der Waals surface area contributed by atoms with Crippen LogP contribution in [-0.2, 0) is 12.8 Å². The summed E-state index contributed by atoms with van der Waals surface area (Å²) in [7, 11) is 0. The highest BCUT2D eigenvalue weighted by molar-refractivity contribution is 5.33. The summed E-state index contributed by atoms with van der Waals surface area (Å²) in [4.78, 5) is 3.08. The molecule has 0 saturated carbocycles. The van der Waals surface area contributed by atoms with E-state index in [1.165, 1.54) is 17.6 Å². The summed E-state index contributed by atoms with van der Waals surface area (Å²) in [6.07, 6.45) is 7.99. The number of nitrogens with zero attached hydrogens (tertiary/aromatic N) is 4. The second kappa shape index (κ2) is 6.68. The third-order valence-corrected chi connectivity index (χ3v) is 7.94. The van der Waals surface area contributed by atoms with Crippen LogP contribution < -0.4 is 0 Å². The van der Waals surface area contributed by atoms with Gasteiger partial charge in [0.2, 0.25) is 0 Å². The predicted octanol–water partition coefficient (Wildman–Crippen LogP) is 4.84. The Morgan fingerprint density at radius 2 is 2.19 bits per heavy atom. The van der Waals surface area contributed by atoms with Gasteiger partial charge in [-0.25, -0.2) is 0 Å². The van der Waals surface area contributed by atoms with Crippen LogP contribution in [0, 0.1) is 28.6 Å². The van der Waals surface area contributed by atoms with Gasteiger partial charge in [0.15, 0.2) is 0 Å². The maximum atomic E-state index is 10.2. The van der Waals surface area contributed by atoms with Gasteiger partial charge in [0.1, 0.15) is 5.76 Å². The first-order valence-electron chi connectivity index (χ1n) is 10.2. The fraction of sp³-hybridized carbons (Fsp3) is 0.762. The maximum Gasteiger partial charge on any atom is 0.140 e. The summed E-state index contributed by atoms with van der Waals surface area (Å²) in [6, 6.07) is 0. The Labute approximate surface area is 160 Å². The molecule has 0 aromatic carbocycles. The Bertz CT molecular complexity index is 805. The van der Waals surface area contributed by atoms with Crippen molar-refractivity contribution in [3.63, 3.8) is 0 Å².